The van der Waals surface area contributed by atoms with Crippen molar-refractivity contribution in [3.8, 4) is 0 Å². The molecule has 0 saturated heterocycles. The second-order valence-corrected chi connectivity index (χ2v) is 5.63. The van der Waals surface area contributed by atoms with E-state index in [1.165, 1.54) is 43.6 Å². The van der Waals surface area contributed by atoms with E-state index in [1.807, 2.05) is 0 Å². The molecule has 106 valence electrons. The molecule has 0 aliphatic heterocycles. The third kappa shape index (κ3) is 11.4. The molecule has 0 bridgehead atoms. The monoisotopic (exact) mass is 769 g/mol. The van der Waals surface area contributed by atoms with Crippen LogP contribution in [-0.2, 0) is 74.7 Å². The Morgan fingerprint density at radius 3 is 2.21 bits per heavy atom. The van der Waals surface area contributed by atoms with Crippen LogP contribution in [0.25, 0.3) is 5.32 Å². The molecule has 1 rings (SSSR count). The third-order valence-electron chi connectivity index (χ3n) is 2.68. The van der Waals surface area contributed by atoms with Crippen LogP contribution in [0.2, 0.25) is 0 Å². The van der Waals surface area contributed by atoms with Crippen LogP contribution in [0.5, 0.6) is 0 Å². The predicted molar refractivity (Wildman–Crippen MR) is 68.8 cm³/mol. The molecule has 0 radical (unpaired) electrons. The average Bonchev–Trinajstić information content (AvgIpc) is 2.33. The summed E-state index contributed by atoms with van der Waals surface area (Å²) < 4.78 is 4.11. The standard InChI is InChI=1S/C14H21N2.3W/c1-12(2)3-4-13-5-7-14(8-6-13)11-16-10-9-15;;;/h5-8,12H,3-4,9-11H2,1-2H3;;;/q-1;;;. The van der Waals surface area contributed by atoms with Crippen molar-refractivity contribution in [2.24, 2.45) is 9.41 Å². The molecule has 5 heteroatoms. The van der Waals surface area contributed by atoms with Crippen LogP contribution in [-0.4, -0.2) is 13.1 Å². The van der Waals surface area contributed by atoms with Crippen LogP contribution in [0.4, 0.5) is 0 Å². The molecule has 0 fully saturated rings. The van der Waals surface area contributed by atoms with Crippen LogP contribution in [0, 0.1) is 5.92 Å². The zero-order valence-electron chi connectivity index (χ0n) is 11.5. The molecule has 0 amide bonds. The fraction of sp³-hybridized carbons (Fsp3) is 0.571. The summed E-state index contributed by atoms with van der Waals surface area (Å²) in [5.41, 5.74) is 2.75. The maximum Gasteiger partial charge on any atom is 0 e. The van der Waals surface area contributed by atoms with Crippen LogP contribution in [0.15, 0.2) is 27.8 Å². The van der Waals surface area contributed by atoms with Gasteiger partial charge in [0.1, 0.15) is 0 Å². The van der Waals surface area contributed by atoms with E-state index in [2.05, 4.69) is 46.9 Å². The molecule has 0 aromatic heterocycles. The molecule has 0 aliphatic carbocycles. The quantitative estimate of drug-likeness (QED) is 0.360. The van der Waals surface area contributed by atoms with Crippen molar-refractivity contribution >= 4 is 0 Å². The smallest absolute Gasteiger partial charge is 0 e. The van der Waals surface area contributed by atoms with Gasteiger partial charge in [0.05, 0.1) is 0 Å². The first-order valence-corrected chi connectivity index (χ1v) is 7.53. The van der Waals surface area contributed by atoms with E-state index in [9.17, 15) is 0 Å². The molecule has 1 aromatic rings. The van der Waals surface area contributed by atoms with E-state index < -0.39 is 0 Å². The van der Waals surface area contributed by atoms with E-state index in [4.69, 9.17) is 0 Å². The van der Waals surface area contributed by atoms with Gasteiger partial charge < -0.3 is 0 Å². The van der Waals surface area contributed by atoms with Crippen LogP contribution in [0.1, 0.15) is 31.4 Å². The van der Waals surface area contributed by atoms with Gasteiger partial charge in [-0.3, -0.25) is 0 Å². The molecule has 0 unspecified atom stereocenters. The second kappa shape index (κ2) is 14.0. The van der Waals surface area contributed by atoms with Crippen molar-refractivity contribution in [1.82, 2.24) is 0 Å². The van der Waals surface area contributed by atoms with Gasteiger partial charge in [0.15, 0.2) is 0 Å². The van der Waals surface area contributed by atoms with Crippen LogP contribution < -0.4 is 0 Å². The summed E-state index contributed by atoms with van der Waals surface area (Å²) in [6.07, 6.45) is 2.46. The van der Waals surface area contributed by atoms with Crippen molar-refractivity contribution in [3.63, 3.8) is 0 Å². The third-order valence-corrected chi connectivity index (χ3v) is 3.33. The molecule has 0 spiro atoms. The minimum Gasteiger partial charge on any atom is 0 e. The molecule has 19 heavy (non-hydrogen) atoms. The Labute approximate surface area is 157 Å². The van der Waals surface area contributed by atoms with Crippen LogP contribution >= 0.6 is 0 Å². The summed E-state index contributed by atoms with van der Waals surface area (Å²) >= 11 is 1.30. The molecule has 0 N–H and O–H groups in total. The first kappa shape index (κ1) is 22.3. The summed E-state index contributed by atoms with van der Waals surface area (Å²) in [5, 5.41) is 4.45. The Morgan fingerprint density at radius 1 is 1.11 bits per heavy atom. The number of hydrogen-bond donors (Lipinski definition) is 0. The summed E-state index contributed by atoms with van der Waals surface area (Å²) in [6, 6.07) is 8.88. The average molecular weight is 769 g/mol. The maximum atomic E-state index is 4.45. The van der Waals surface area contributed by atoms with Crippen molar-refractivity contribution in [2.45, 2.75) is 33.2 Å². The molecule has 0 heterocycles. The fourth-order valence-electron chi connectivity index (χ4n) is 1.59. The Bertz CT molecular complexity index is 326. The Morgan fingerprint density at radius 2 is 1.68 bits per heavy atom. The normalized spacial score (nSPS) is 9.63. The molecule has 0 atom stereocenters. The minimum atomic E-state index is 0. The van der Waals surface area contributed by atoms with E-state index in [0.29, 0.717) is 0 Å². The Balaban J connectivity index is 0. The van der Waals surface area contributed by atoms with Gasteiger partial charge in [-0.2, -0.15) is 0 Å². The van der Waals surface area contributed by atoms with Gasteiger partial charge in [0, 0.05) is 42.1 Å². The van der Waals surface area contributed by atoms with Crippen molar-refractivity contribution in [3.05, 3.63) is 40.7 Å². The fourth-order valence-corrected chi connectivity index (χ4v) is 1.88. The van der Waals surface area contributed by atoms with E-state index in [1.54, 1.807) is 0 Å². The Kier molecular flexibility index (Phi) is 16.5. The first-order chi connectivity index (χ1) is 8.22. The molecular weight excluding hydrogens is 748 g/mol. The summed E-state index contributed by atoms with van der Waals surface area (Å²) in [4.78, 5) is 0. The number of nitrogens with zero attached hydrogens (tertiary/aromatic N) is 2. The first-order valence-electron chi connectivity index (χ1n) is 6.22. The van der Waals surface area contributed by atoms with Crippen molar-refractivity contribution in [1.29, 1.82) is 0 Å². The van der Waals surface area contributed by atoms with Gasteiger partial charge >= 0.3 is 102 Å². The maximum absolute atomic E-state index is 4.45. The van der Waals surface area contributed by atoms with Gasteiger partial charge in [0.25, 0.3) is 0 Å². The zero-order valence-corrected chi connectivity index (χ0v) is 20.3. The summed E-state index contributed by atoms with van der Waals surface area (Å²) in [7, 11) is 0. The van der Waals surface area contributed by atoms with Crippen LogP contribution in [0.3, 0.4) is 0 Å². The second-order valence-electron chi connectivity index (χ2n) is 4.71. The van der Waals surface area contributed by atoms with E-state index in [0.717, 1.165) is 25.6 Å². The number of hydrogen-bond acceptors (Lipinski definition) is 1. The predicted octanol–water partition coefficient (Wildman–Crippen LogP) is 3.87. The Hall–Kier alpha value is 1.04. The summed E-state index contributed by atoms with van der Waals surface area (Å²) in [6.45, 7) is 7.11. The van der Waals surface area contributed by atoms with Gasteiger partial charge in [-0.1, -0.05) is 13.8 Å². The van der Waals surface area contributed by atoms with Crippen molar-refractivity contribution < 1.29 is 61.8 Å². The van der Waals surface area contributed by atoms with Crippen molar-refractivity contribution in [2.75, 3.05) is 13.1 Å². The van der Waals surface area contributed by atoms with E-state index >= 15 is 0 Å². The number of aryl methyl sites for hydroxylation is 1. The summed E-state index contributed by atoms with van der Waals surface area (Å²) in [5.74, 6) is 0.782. The molecule has 0 saturated carbocycles. The minimum absolute atomic E-state index is 0. The van der Waals surface area contributed by atoms with E-state index in [-0.39, 0.29) is 42.1 Å². The molecular formula is C14H21N2W3-. The van der Waals surface area contributed by atoms with Gasteiger partial charge in [-0.15, -0.1) is 0 Å². The zero-order chi connectivity index (χ0) is 12.5. The van der Waals surface area contributed by atoms with Gasteiger partial charge in [-0.25, -0.2) is 0 Å². The largest absolute Gasteiger partial charge is 0 e. The SMILES string of the molecule is CC(C)CCc1ccc(C[N-]CC[N]=[W])cc1.[W].[W]. The molecule has 2 nitrogen and oxygen atoms in total. The number of rotatable bonds is 8. The molecule has 1 aromatic carbocycles. The van der Waals surface area contributed by atoms with Gasteiger partial charge in [-0.05, 0) is 0 Å². The molecule has 0 aliphatic rings. The van der Waals surface area contributed by atoms with Gasteiger partial charge in [0.2, 0.25) is 0 Å². The topological polar surface area (TPSA) is 26.5 Å². The number of benzene rings is 1.